The third kappa shape index (κ3) is 0.939. The molecule has 1 atom stereocenters. The molecule has 0 heterocycles. The molecule has 2 fully saturated rings. The van der Waals surface area contributed by atoms with Gasteiger partial charge < -0.3 is 4.74 Å². The van der Waals surface area contributed by atoms with Gasteiger partial charge in [0.15, 0.2) is 0 Å². The fraction of sp³-hybridized carbons (Fsp3) is 0.900. The van der Waals surface area contributed by atoms with Gasteiger partial charge >= 0.3 is 0 Å². The number of hydrogen-bond acceptors (Lipinski definition) is 2. The number of methoxy groups -OCH3 is 1. The van der Waals surface area contributed by atoms with Gasteiger partial charge in [-0.05, 0) is 19.3 Å². The minimum Gasteiger partial charge on any atom is -0.380 e. The second-order valence-electron chi connectivity index (χ2n) is 4.05. The smallest absolute Gasteiger partial charge is 0.141 e. The largest absolute Gasteiger partial charge is 0.380 e. The summed E-state index contributed by atoms with van der Waals surface area (Å²) >= 11 is 0. The SMILES string of the molecule is COC1CCC(=O)C12CCCC2. The summed E-state index contributed by atoms with van der Waals surface area (Å²) in [5.74, 6) is 0.465. The molecule has 12 heavy (non-hydrogen) atoms. The molecule has 0 aromatic rings. The highest BCUT2D eigenvalue weighted by Crippen LogP contribution is 2.49. The highest BCUT2D eigenvalue weighted by molar-refractivity contribution is 5.88. The van der Waals surface area contributed by atoms with Gasteiger partial charge in [0.05, 0.1) is 11.5 Å². The molecule has 0 radical (unpaired) electrons. The monoisotopic (exact) mass is 168 g/mol. The summed E-state index contributed by atoms with van der Waals surface area (Å²) < 4.78 is 5.40. The summed E-state index contributed by atoms with van der Waals surface area (Å²) in [6.07, 6.45) is 6.51. The van der Waals surface area contributed by atoms with Crippen LogP contribution in [0.25, 0.3) is 0 Å². The Morgan fingerprint density at radius 3 is 2.67 bits per heavy atom. The Labute approximate surface area is 73.3 Å². The molecule has 2 aliphatic rings. The Morgan fingerprint density at radius 2 is 2.08 bits per heavy atom. The number of carbonyl (C=O) groups is 1. The fourth-order valence-electron chi connectivity index (χ4n) is 2.92. The first-order valence-electron chi connectivity index (χ1n) is 4.86. The van der Waals surface area contributed by atoms with Gasteiger partial charge in [-0.25, -0.2) is 0 Å². The van der Waals surface area contributed by atoms with Crippen molar-refractivity contribution in [2.24, 2.45) is 5.41 Å². The molecule has 2 saturated carbocycles. The van der Waals surface area contributed by atoms with Gasteiger partial charge in [0.25, 0.3) is 0 Å². The predicted octanol–water partition coefficient (Wildman–Crippen LogP) is 1.92. The predicted molar refractivity (Wildman–Crippen MR) is 45.9 cm³/mol. The van der Waals surface area contributed by atoms with Crippen molar-refractivity contribution in [2.45, 2.75) is 44.6 Å². The van der Waals surface area contributed by atoms with E-state index >= 15 is 0 Å². The lowest BCUT2D eigenvalue weighted by molar-refractivity contribution is -0.129. The standard InChI is InChI=1S/C10H16O2/c1-12-9-5-4-8(11)10(9)6-2-3-7-10/h9H,2-7H2,1H3. The normalized spacial score (nSPS) is 33.4. The number of ketones is 1. The molecule has 2 aliphatic carbocycles. The van der Waals surface area contributed by atoms with E-state index in [0.717, 1.165) is 25.7 Å². The Balaban J connectivity index is 2.23. The van der Waals surface area contributed by atoms with Crippen LogP contribution in [0, 0.1) is 5.41 Å². The fourth-order valence-corrected chi connectivity index (χ4v) is 2.92. The number of ether oxygens (including phenoxy) is 1. The van der Waals surface area contributed by atoms with Gasteiger partial charge in [-0.2, -0.15) is 0 Å². The second kappa shape index (κ2) is 2.84. The summed E-state index contributed by atoms with van der Waals surface area (Å²) in [6, 6.07) is 0. The van der Waals surface area contributed by atoms with E-state index in [-0.39, 0.29) is 11.5 Å². The highest BCUT2D eigenvalue weighted by atomic mass is 16.5. The van der Waals surface area contributed by atoms with Crippen molar-refractivity contribution < 1.29 is 9.53 Å². The Bertz CT molecular complexity index is 192. The maximum atomic E-state index is 11.7. The van der Waals surface area contributed by atoms with Crippen LogP contribution in [0.1, 0.15) is 38.5 Å². The molecule has 2 rings (SSSR count). The lowest BCUT2D eigenvalue weighted by Crippen LogP contribution is -2.34. The minimum atomic E-state index is -0.0469. The van der Waals surface area contributed by atoms with E-state index in [2.05, 4.69) is 0 Å². The number of Topliss-reactive ketones (excluding diaryl/α,β-unsaturated/α-hetero) is 1. The number of rotatable bonds is 1. The van der Waals surface area contributed by atoms with Gasteiger partial charge in [0.2, 0.25) is 0 Å². The lowest BCUT2D eigenvalue weighted by Gasteiger charge is -2.27. The van der Waals surface area contributed by atoms with E-state index < -0.39 is 0 Å². The van der Waals surface area contributed by atoms with Crippen molar-refractivity contribution in [1.29, 1.82) is 0 Å². The van der Waals surface area contributed by atoms with E-state index in [9.17, 15) is 4.79 Å². The van der Waals surface area contributed by atoms with Crippen LogP contribution in [-0.4, -0.2) is 19.0 Å². The third-order valence-electron chi connectivity index (χ3n) is 3.59. The molecule has 0 amide bonds. The van der Waals surface area contributed by atoms with Crippen molar-refractivity contribution >= 4 is 5.78 Å². The summed E-state index contributed by atoms with van der Waals surface area (Å²) in [7, 11) is 1.74. The van der Waals surface area contributed by atoms with Crippen LogP contribution < -0.4 is 0 Å². The zero-order valence-electron chi connectivity index (χ0n) is 7.64. The molecule has 0 aliphatic heterocycles. The Hall–Kier alpha value is -0.370. The van der Waals surface area contributed by atoms with Crippen LogP contribution in [0.5, 0.6) is 0 Å². The average Bonchev–Trinajstić information content (AvgIpc) is 2.65. The molecule has 1 spiro atoms. The first-order chi connectivity index (χ1) is 5.79. The van der Waals surface area contributed by atoms with E-state index in [1.165, 1.54) is 12.8 Å². The quantitative estimate of drug-likeness (QED) is 0.598. The average molecular weight is 168 g/mol. The van der Waals surface area contributed by atoms with Crippen molar-refractivity contribution in [3.63, 3.8) is 0 Å². The molecule has 0 bridgehead atoms. The summed E-state index contributed by atoms with van der Waals surface area (Å²) in [6.45, 7) is 0. The maximum absolute atomic E-state index is 11.7. The first-order valence-corrected chi connectivity index (χ1v) is 4.86. The van der Waals surface area contributed by atoms with Gasteiger partial charge in [0.1, 0.15) is 5.78 Å². The van der Waals surface area contributed by atoms with Crippen molar-refractivity contribution in [3.8, 4) is 0 Å². The molecular formula is C10H16O2. The molecule has 2 heteroatoms. The number of carbonyl (C=O) groups excluding carboxylic acids is 1. The molecule has 2 nitrogen and oxygen atoms in total. The zero-order valence-corrected chi connectivity index (χ0v) is 7.64. The Kier molecular flexibility index (Phi) is 1.95. The van der Waals surface area contributed by atoms with Crippen molar-refractivity contribution in [2.75, 3.05) is 7.11 Å². The van der Waals surface area contributed by atoms with Crippen LogP contribution in [0.15, 0.2) is 0 Å². The maximum Gasteiger partial charge on any atom is 0.141 e. The third-order valence-corrected chi connectivity index (χ3v) is 3.59. The van der Waals surface area contributed by atoms with E-state index in [0.29, 0.717) is 5.78 Å². The van der Waals surface area contributed by atoms with Crippen LogP contribution in [0.4, 0.5) is 0 Å². The van der Waals surface area contributed by atoms with Crippen LogP contribution >= 0.6 is 0 Å². The van der Waals surface area contributed by atoms with Crippen LogP contribution in [0.3, 0.4) is 0 Å². The van der Waals surface area contributed by atoms with E-state index in [1.807, 2.05) is 0 Å². The minimum absolute atomic E-state index is 0.0469. The number of hydrogen-bond donors (Lipinski definition) is 0. The summed E-state index contributed by atoms with van der Waals surface area (Å²) in [4.78, 5) is 11.7. The molecule has 0 saturated heterocycles. The zero-order chi connectivity index (χ0) is 8.60. The van der Waals surface area contributed by atoms with Gasteiger partial charge in [0, 0.05) is 13.5 Å². The van der Waals surface area contributed by atoms with Crippen LogP contribution in [0.2, 0.25) is 0 Å². The van der Waals surface area contributed by atoms with Gasteiger partial charge in [-0.15, -0.1) is 0 Å². The molecule has 68 valence electrons. The molecule has 0 N–H and O–H groups in total. The summed E-state index contributed by atoms with van der Waals surface area (Å²) in [5, 5.41) is 0. The molecule has 1 unspecified atom stereocenters. The van der Waals surface area contributed by atoms with Gasteiger partial charge in [-0.1, -0.05) is 12.8 Å². The van der Waals surface area contributed by atoms with E-state index in [4.69, 9.17) is 4.74 Å². The summed E-state index contributed by atoms with van der Waals surface area (Å²) in [5.41, 5.74) is -0.0469. The molecule has 0 aromatic carbocycles. The van der Waals surface area contributed by atoms with Crippen molar-refractivity contribution in [1.82, 2.24) is 0 Å². The molecule has 0 aromatic heterocycles. The van der Waals surface area contributed by atoms with Gasteiger partial charge in [-0.3, -0.25) is 4.79 Å². The van der Waals surface area contributed by atoms with E-state index in [1.54, 1.807) is 7.11 Å². The molecular weight excluding hydrogens is 152 g/mol. The highest BCUT2D eigenvalue weighted by Gasteiger charge is 2.51. The Morgan fingerprint density at radius 1 is 1.42 bits per heavy atom. The lowest BCUT2D eigenvalue weighted by atomic mass is 9.81. The van der Waals surface area contributed by atoms with Crippen LogP contribution in [-0.2, 0) is 9.53 Å². The topological polar surface area (TPSA) is 26.3 Å². The second-order valence-corrected chi connectivity index (χ2v) is 4.05. The first kappa shape index (κ1) is 8.24. The van der Waals surface area contributed by atoms with Crippen molar-refractivity contribution in [3.05, 3.63) is 0 Å².